The van der Waals surface area contributed by atoms with Gasteiger partial charge in [0.05, 0.1) is 23.0 Å². The second-order valence-electron chi connectivity index (χ2n) is 5.73. The number of hydrogen-bond acceptors (Lipinski definition) is 4. The maximum absolute atomic E-state index is 6.01. The Morgan fingerprint density at radius 3 is 2.78 bits per heavy atom. The molecule has 1 aromatic heterocycles. The lowest BCUT2D eigenvalue weighted by Gasteiger charge is -2.35. The van der Waals surface area contributed by atoms with Crippen molar-refractivity contribution in [2.75, 3.05) is 40.5 Å². The van der Waals surface area contributed by atoms with Gasteiger partial charge in [-0.3, -0.25) is 4.99 Å². The van der Waals surface area contributed by atoms with E-state index in [0.717, 1.165) is 49.4 Å². The van der Waals surface area contributed by atoms with Crippen LogP contribution in [0, 0.1) is 0 Å². The summed E-state index contributed by atoms with van der Waals surface area (Å²) in [5, 5.41) is 3.35. The van der Waals surface area contributed by atoms with Gasteiger partial charge < -0.3 is 19.7 Å². The minimum atomic E-state index is -0.202. The highest BCUT2D eigenvalue weighted by molar-refractivity contribution is 7.16. The maximum Gasteiger partial charge on any atom is 0.194 e. The fraction of sp³-hybridized carbons (Fsp3) is 0.688. The highest BCUT2D eigenvalue weighted by atomic mass is 35.5. The van der Waals surface area contributed by atoms with E-state index >= 15 is 0 Å². The predicted molar refractivity (Wildman–Crippen MR) is 96.6 cm³/mol. The molecular formula is C16H26ClN3O2S. The number of nitrogens with zero attached hydrogens (tertiary/aromatic N) is 2. The van der Waals surface area contributed by atoms with Crippen LogP contribution in [0.25, 0.3) is 0 Å². The maximum atomic E-state index is 6.01. The molecule has 0 aliphatic carbocycles. The van der Waals surface area contributed by atoms with Crippen LogP contribution in [-0.4, -0.2) is 56.9 Å². The zero-order chi connectivity index (χ0) is 16.7. The van der Waals surface area contributed by atoms with Crippen molar-refractivity contribution >= 4 is 28.9 Å². The summed E-state index contributed by atoms with van der Waals surface area (Å²) in [6.45, 7) is 5.81. The van der Waals surface area contributed by atoms with Gasteiger partial charge in [0.15, 0.2) is 5.96 Å². The number of guanidine groups is 1. The highest BCUT2D eigenvalue weighted by Gasteiger charge is 2.32. The van der Waals surface area contributed by atoms with Crippen LogP contribution in [0.4, 0.5) is 0 Å². The fourth-order valence-corrected chi connectivity index (χ4v) is 3.75. The molecule has 2 heterocycles. The van der Waals surface area contributed by atoms with Crippen molar-refractivity contribution in [3.8, 4) is 0 Å². The molecule has 0 unspecified atom stereocenters. The minimum Gasteiger partial charge on any atom is -0.381 e. The highest BCUT2D eigenvalue weighted by Crippen LogP contribution is 2.25. The van der Waals surface area contributed by atoms with Crippen LogP contribution in [0.5, 0.6) is 0 Å². The van der Waals surface area contributed by atoms with E-state index < -0.39 is 0 Å². The lowest BCUT2D eigenvalue weighted by atomic mass is 9.94. The van der Waals surface area contributed by atoms with Crippen LogP contribution in [-0.2, 0) is 16.0 Å². The Kier molecular flexibility index (Phi) is 7.14. The fourth-order valence-electron chi connectivity index (χ4n) is 2.60. The molecule has 0 saturated carbocycles. The first-order chi connectivity index (χ1) is 11.1. The van der Waals surface area contributed by atoms with Crippen LogP contribution < -0.4 is 5.32 Å². The Hall–Kier alpha value is -0.820. The van der Waals surface area contributed by atoms with Crippen molar-refractivity contribution in [3.63, 3.8) is 0 Å². The van der Waals surface area contributed by atoms with Gasteiger partial charge in [-0.25, -0.2) is 0 Å². The lowest BCUT2D eigenvalue weighted by Crippen LogP contribution is -2.44. The van der Waals surface area contributed by atoms with Gasteiger partial charge >= 0.3 is 0 Å². The van der Waals surface area contributed by atoms with Gasteiger partial charge in [-0.1, -0.05) is 11.6 Å². The number of nitrogens with one attached hydrogen (secondary N) is 1. The Balaban J connectivity index is 2.03. The lowest BCUT2D eigenvalue weighted by molar-refractivity contribution is -0.0829. The number of ether oxygens (including phenoxy) is 2. The van der Waals surface area contributed by atoms with Crippen LogP contribution in [0.1, 0.15) is 24.6 Å². The SMILES string of the molecule is CCNC(=NCC1(OC)CCOCC1)N(C)Cc1ccc(Cl)s1. The van der Waals surface area contributed by atoms with E-state index in [9.17, 15) is 0 Å². The Bertz CT molecular complexity index is 515. The minimum absolute atomic E-state index is 0.202. The van der Waals surface area contributed by atoms with Crippen LogP contribution in [0.3, 0.4) is 0 Å². The number of hydrogen-bond donors (Lipinski definition) is 1. The third-order valence-electron chi connectivity index (χ3n) is 4.07. The third-order valence-corrected chi connectivity index (χ3v) is 5.29. The number of methoxy groups -OCH3 is 1. The van der Waals surface area contributed by atoms with Gasteiger partial charge in [-0.2, -0.15) is 0 Å². The predicted octanol–water partition coefficient (Wildman–Crippen LogP) is 2.99. The molecule has 0 aromatic carbocycles. The monoisotopic (exact) mass is 359 g/mol. The van der Waals surface area contributed by atoms with Gasteiger partial charge in [-0.15, -0.1) is 11.3 Å². The summed E-state index contributed by atoms with van der Waals surface area (Å²) < 4.78 is 12.0. The normalized spacial score (nSPS) is 18.0. The van der Waals surface area contributed by atoms with Crippen LogP contribution >= 0.6 is 22.9 Å². The van der Waals surface area contributed by atoms with E-state index in [1.807, 2.05) is 13.1 Å². The molecule has 2 rings (SSSR count). The molecule has 1 fully saturated rings. The van der Waals surface area contributed by atoms with Gasteiger partial charge in [-0.05, 0) is 19.1 Å². The standard InChI is InChI=1S/C16H26ClN3O2S/c1-4-18-15(20(2)11-13-5-6-14(17)23-13)19-12-16(21-3)7-9-22-10-8-16/h5-6H,4,7-12H2,1-3H3,(H,18,19). The average molecular weight is 360 g/mol. The molecule has 0 atom stereocenters. The van der Waals surface area contributed by atoms with Gasteiger partial charge in [0.25, 0.3) is 0 Å². The molecule has 0 spiro atoms. The van der Waals surface area contributed by atoms with Crippen LogP contribution in [0.2, 0.25) is 4.34 Å². The molecule has 1 aliphatic heterocycles. The number of rotatable bonds is 6. The smallest absolute Gasteiger partial charge is 0.194 e. The van der Waals surface area contributed by atoms with Crippen molar-refractivity contribution in [1.29, 1.82) is 0 Å². The molecule has 130 valence electrons. The average Bonchev–Trinajstić information content (AvgIpc) is 2.97. The van der Waals surface area contributed by atoms with Crippen molar-refractivity contribution in [2.24, 2.45) is 4.99 Å². The summed E-state index contributed by atoms with van der Waals surface area (Å²) in [6, 6.07) is 3.99. The van der Waals surface area contributed by atoms with Crippen molar-refractivity contribution in [1.82, 2.24) is 10.2 Å². The van der Waals surface area contributed by atoms with E-state index in [4.69, 9.17) is 26.1 Å². The quantitative estimate of drug-likeness (QED) is 0.626. The largest absolute Gasteiger partial charge is 0.381 e. The number of thiophene rings is 1. The van der Waals surface area contributed by atoms with Crippen molar-refractivity contribution in [3.05, 3.63) is 21.3 Å². The van der Waals surface area contributed by atoms with Crippen molar-refractivity contribution < 1.29 is 9.47 Å². The molecule has 1 aliphatic rings. The third kappa shape index (κ3) is 5.35. The van der Waals surface area contributed by atoms with E-state index in [2.05, 4.69) is 23.2 Å². The molecule has 0 radical (unpaired) electrons. The van der Waals surface area contributed by atoms with E-state index in [0.29, 0.717) is 6.54 Å². The molecule has 1 saturated heterocycles. The first-order valence-corrected chi connectivity index (χ1v) is 9.14. The summed E-state index contributed by atoms with van der Waals surface area (Å²) in [7, 11) is 3.81. The van der Waals surface area contributed by atoms with Crippen LogP contribution in [0.15, 0.2) is 17.1 Å². The van der Waals surface area contributed by atoms with E-state index in [-0.39, 0.29) is 5.60 Å². The van der Waals surface area contributed by atoms with Gasteiger partial charge in [0, 0.05) is 51.6 Å². The zero-order valence-corrected chi connectivity index (χ0v) is 15.7. The number of halogens is 1. The topological polar surface area (TPSA) is 46.1 Å². The Labute approximate surface area is 147 Å². The molecule has 1 aromatic rings. The molecule has 0 bridgehead atoms. The summed E-state index contributed by atoms with van der Waals surface area (Å²) in [6.07, 6.45) is 1.77. The van der Waals surface area contributed by atoms with Gasteiger partial charge in [0.1, 0.15) is 0 Å². The summed E-state index contributed by atoms with van der Waals surface area (Å²) in [4.78, 5) is 8.14. The first-order valence-electron chi connectivity index (χ1n) is 7.95. The summed E-state index contributed by atoms with van der Waals surface area (Å²) >= 11 is 7.61. The van der Waals surface area contributed by atoms with E-state index in [1.54, 1.807) is 18.4 Å². The molecule has 5 nitrogen and oxygen atoms in total. The first kappa shape index (κ1) is 18.5. The molecule has 1 N–H and O–H groups in total. The summed E-state index contributed by atoms with van der Waals surface area (Å²) in [5.74, 6) is 0.889. The number of aliphatic imine (C=N–C) groups is 1. The molecule has 7 heteroatoms. The zero-order valence-electron chi connectivity index (χ0n) is 14.1. The van der Waals surface area contributed by atoms with Crippen molar-refractivity contribution in [2.45, 2.75) is 31.9 Å². The molecule has 23 heavy (non-hydrogen) atoms. The molecule has 0 amide bonds. The summed E-state index contributed by atoms with van der Waals surface area (Å²) in [5.41, 5.74) is -0.202. The Morgan fingerprint density at radius 2 is 2.22 bits per heavy atom. The second-order valence-corrected chi connectivity index (χ2v) is 7.53. The van der Waals surface area contributed by atoms with E-state index in [1.165, 1.54) is 4.88 Å². The molecular weight excluding hydrogens is 334 g/mol. The Morgan fingerprint density at radius 1 is 1.48 bits per heavy atom. The van der Waals surface area contributed by atoms with Gasteiger partial charge in [0.2, 0.25) is 0 Å². The second kappa shape index (κ2) is 8.87.